The molecule has 28 heavy (non-hydrogen) atoms. The standard InChI is InChI=1S/C22H21N3O3/c1-3-25(19-10-5-4-6-11-19)20-13-12-17(15-23-20)21(26)24-18-9-7-8-16(14-18)22(27)28-2/h4-15H,3H2,1-2H3,(H,24,26). The summed E-state index contributed by atoms with van der Waals surface area (Å²) < 4.78 is 4.70. The first-order valence-electron chi connectivity index (χ1n) is 8.90. The van der Waals surface area contributed by atoms with E-state index in [0.29, 0.717) is 16.8 Å². The molecule has 0 radical (unpaired) electrons. The fourth-order valence-corrected chi connectivity index (χ4v) is 2.81. The van der Waals surface area contributed by atoms with E-state index in [4.69, 9.17) is 4.74 Å². The lowest BCUT2D eigenvalue weighted by molar-refractivity contribution is 0.0600. The molecule has 0 atom stereocenters. The molecule has 0 spiro atoms. The van der Waals surface area contributed by atoms with Gasteiger partial charge in [-0.3, -0.25) is 4.79 Å². The number of anilines is 3. The van der Waals surface area contributed by atoms with Gasteiger partial charge in [0.25, 0.3) is 5.91 Å². The van der Waals surface area contributed by atoms with Crippen LogP contribution in [-0.4, -0.2) is 30.5 Å². The van der Waals surface area contributed by atoms with Crippen LogP contribution in [0.25, 0.3) is 0 Å². The minimum absolute atomic E-state index is 0.302. The van der Waals surface area contributed by atoms with Crippen molar-refractivity contribution in [3.63, 3.8) is 0 Å². The van der Waals surface area contributed by atoms with Gasteiger partial charge in [-0.25, -0.2) is 9.78 Å². The maximum atomic E-state index is 12.5. The molecule has 1 amide bonds. The SMILES string of the molecule is CCN(c1ccccc1)c1ccc(C(=O)Nc2cccc(C(=O)OC)c2)cn1. The Labute approximate surface area is 163 Å². The lowest BCUT2D eigenvalue weighted by Gasteiger charge is -2.22. The molecular formula is C22H21N3O3. The van der Waals surface area contributed by atoms with Crippen molar-refractivity contribution < 1.29 is 14.3 Å². The van der Waals surface area contributed by atoms with Crippen LogP contribution in [0.2, 0.25) is 0 Å². The summed E-state index contributed by atoms with van der Waals surface area (Å²) >= 11 is 0. The van der Waals surface area contributed by atoms with E-state index >= 15 is 0 Å². The van der Waals surface area contributed by atoms with Crippen LogP contribution >= 0.6 is 0 Å². The number of hydrogen-bond donors (Lipinski definition) is 1. The molecule has 0 aliphatic heterocycles. The molecule has 0 aliphatic carbocycles. The Morgan fingerprint density at radius 1 is 1.00 bits per heavy atom. The number of ether oxygens (including phenoxy) is 1. The number of para-hydroxylation sites is 1. The zero-order valence-electron chi connectivity index (χ0n) is 15.8. The number of aromatic nitrogens is 1. The number of carbonyl (C=O) groups excluding carboxylic acids is 2. The van der Waals surface area contributed by atoms with E-state index < -0.39 is 5.97 Å². The lowest BCUT2D eigenvalue weighted by atomic mass is 10.2. The Balaban J connectivity index is 1.74. The Hall–Kier alpha value is -3.67. The van der Waals surface area contributed by atoms with Crippen molar-refractivity contribution in [2.24, 2.45) is 0 Å². The first kappa shape index (κ1) is 19.1. The van der Waals surface area contributed by atoms with Gasteiger partial charge >= 0.3 is 5.97 Å². The summed E-state index contributed by atoms with van der Waals surface area (Å²) in [6.45, 7) is 2.80. The average molecular weight is 375 g/mol. The van der Waals surface area contributed by atoms with Crippen LogP contribution in [0.1, 0.15) is 27.6 Å². The number of nitrogens with one attached hydrogen (secondary N) is 1. The molecular weight excluding hydrogens is 354 g/mol. The largest absolute Gasteiger partial charge is 0.465 e. The van der Waals surface area contributed by atoms with Gasteiger partial charge in [-0.1, -0.05) is 24.3 Å². The van der Waals surface area contributed by atoms with Crippen molar-refractivity contribution in [1.82, 2.24) is 4.98 Å². The number of esters is 1. The summed E-state index contributed by atoms with van der Waals surface area (Å²) in [6, 6.07) is 20.1. The molecule has 1 N–H and O–H groups in total. The first-order valence-corrected chi connectivity index (χ1v) is 8.90. The van der Waals surface area contributed by atoms with Crippen molar-refractivity contribution in [2.45, 2.75) is 6.92 Å². The number of methoxy groups -OCH3 is 1. The molecule has 1 heterocycles. The van der Waals surface area contributed by atoms with E-state index in [1.54, 1.807) is 36.5 Å². The summed E-state index contributed by atoms with van der Waals surface area (Å²) in [7, 11) is 1.32. The third kappa shape index (κ3) is 4.35. The van der Waals surface area contributed by atoms with Crippen LogP contribution in [0.5, 0.6) is 0 Å². The fraction of sp³-hybridized carbons (Fsp3) is 0.136. The molecule has 1 aromatic heterocycles. The number of pyridine rings is 1. The van der Waals surface area contributed by atoms with E-state index in [1.165, 1.54) is 7.11 Å². The Bertz CT molecular complexity index is 956. The van der Waals surface area contributed by atoms with Crippen molar-refractivity contribution >= 4 is 29.1 Å². The van der Waals surface area contributed by atoms with E-state index in [1.807, 2.05) is 43.3 Å². The predicted octanol–water partition coefficient (Wildman–Crippen LogP) is 4.28. The highest BCUT2D eigenvalue weighted by atomic mass is 16.5. The Kier molecular flexibility index (Phi) is 6.01. The molecule has 2 aromatic carbocycles. The van der Waals surface area contributed by atoms with E-state index in [9.17, 15) is 9.59 Å². The molecule has 3 aromatic rings. The van der Waals surface area contributed by atoms with Crippen LogP contribution in [0.4, 0.5) is 17.2 Å². The number of benzene rings is 2. The Morgan fingerprint density at radius 3 is 2.43 bits per heavy atom. The van der Waals surface area contributed by atoms with E-state index in [-0.39, 0.29) is 5.91 Å². The third-order valence-electron chi connectivity index (χ3n) is 4.21. The molecule has 0 bridgehead atoms. The smallest absolute Gasteiger partial charge is 0.337 e. The molecule has 0 saturated heterocycles. The number of nitrogens with zero attached hydrogens (tertiary/aromatic N) is 2. The zero-order valence-corrected chi connectivity index (χ0v) is 15.8. The predicted molar refractivity (Wildman–Crippen MR) is 109 cm³/mol. The summed E-state index contributed by atoms with van der Waals surface area (Å²) in [5.74, 6) is 0.00412. The van der Waals surface area contributed by atoms with Crippen LogP contribution in [-0.2, 0) is 4.74 Å². The van der Waals surface area contributed by atoms with Gasteiger partial charge < -0.3 is 15.0 Å². The van der Waals surface area contributed by atoms with Gasteiger partial charge in [0, 0.05) is 24.1 Å². The number of rotatable bonds is 6. The van der Waals surface area contributed by atoms with Gasteiger partial charge in [-0.2, -0.15) is 0 Å². The molecule has 0 unspecified atom stereocenters. The maximum Gasteiger partial charge on any atom is 0.337 e. The molecule has 0 saturated carbocycles. The van der Waals surface area contributed by atoms with Gasteiger partial charge in [0.1, 0.15) is 5.82 Å². The fourth-order valence-electron chi connectivity index (χ4n) is 2.81. The molecule has 6 nitrogen and oxygen atoms in total. The van der Waals surface area contributed by atoms with Crippen molar-refractivity contribution in [3.8, 4) is 0 Å². The quantitative estimate of drug-likeness (QED) is 0.651. The molecule has 3 rings (SSSR count). The van der Waals surface area contributed by atoms with Crippen molar-refractivity contribution in [2.75, 3.05) is 23.9 Å². The van der Waals surface area contributed by atoms with Gasteiger partial charge in [-0.05, 0) is 49.4 Å². The molecule has 0 aliphatic rings. The van der Waals surface area contributed by atoms with Crippen molar-refractivity contribution in [1.29, 1.82) is 0 Å². The van der Waals surface area contributed by atoms with Crippen LogP contribution in [0.3, 0.4) is 0 Å². The highest BCUT2D eigenvalue weighted by Crippen LogP contribution is 2.23. The van der Waals surface area contributed by atoms with Gasteiger partial charge in [0.2, 0.25) is 0 Å². The summed E-state index contributed by atoms with van der Waals surface area (Å²) in [6.07, 6.45) is 1.54. The number of amides is 1. The minimum Gasteiger partial charge on any atom is -0.465 e. The number of carbonyl (C=O) groups is 2. The maximum absolute atomic E-state index is 12.5. The average Bonchev–Trinajstić information content (AvgIpc) is 2.75. The topological polar surface area (TPSA) is 71.5 Å². The summed E-state index contributed by atoms with van der Waals surface area (Å²) in [5.41, 5.74) is 2.34. The van der Waals surface area contributed by atoms with Crippen LogP contribution in [0, 0.1) is 0 Å². The van der Waals surface area contributed by atoms with Crippen LogP contribution in [0.15, 0.2) is 72.9 Å². The molecule has 0 fully saturated rings. The summed E-state index contributed by atoms with van der Waals surface area (Å²) in [4.78, 5) is 30.6. The second-order valence-electron chi connectivity index (χ2n) is 6.01. The van der Waals surface area contributed by atoms with Gasteiger partial charge in [0.15, 0.2) is 0 Å². The highest BCUT2D eigenvalue weighted by molar-refractivity contribution is 6.04. The van der Waals surface area contributed by atoms with Gasteiger partial charge in [-0.15, -0.1) is 0 Å². The second kappa shape index (κ2) is 8.81. The number of hydrogen-bond acceptors (Lipinski definition) is 5. The van der Waals surface area contributed by atoms with Crippen molar-refractivity contribution in [3.05, 3.63) is 84.1 Å². The molecule has 142 valence electrons. The van der Waals surface area contributed by atoms with E-state index in [2.05, 4.69) is 15.2 Å². The first-order chi connectivity index (χ1) is 13.6. The third-order valence-corrected chi connectivity index (χ3v) is 4.21. The lowest BCUT2D eigenvalue weighted by Crippen LogP contribution is -2.18. The summed E-state index contributed by atoms with van der Waals surface area (Å²) in [5, 5.41) is 2.77. The zero-order chi connectivity index (χ0) is 19.9. The Morgan fingerprint density at radius 2 is 1.79 bits per heavy atom. The monoisotopic (exact) mass is 375 g/mol. The minimum atomic E-state index is -0.456. The molecule has 6 heteroatoms. The van der Waals surface area contributed by atoms with E-state index in [0.717, 1.165) is 18.1 Å². The van der Waals surface area contributed by atoms with Crippen LogP contribution < -0.4 is 10.2 Å². The van der Waals surface area contributed by atoms with Gasteiger partial charge in [0.05, 0.1) is 18.2 Å². The normalized spacial score (nSPS) is 10.2. The highest BCUT2D eigenvalue weighted by Gasteiger charge is 2.12. The second-order valence-corrected chi connectivity index (χ2v) is 6.01.